The lowest BCUT2D eigenvalue weighted by molar-refractivity contribution is -0.119. The van der Waals surface area contributed by atoms with Crippen molar-refractivity contribution in [1.82, 2.24) is 20.3 Å². The van der Waals surface area contributed by atoms with Gasteiger partial charge >= 0.3 is 0 Å². The van der Waals surface area contributed by atoms with Crippen LogP contribution in [0.15, 0.2) is 60.8 Å². The van der Waals surface area contributed by atoms with Gasteiger partial charge in [0.2, 0.25) is 5.91 Å². The van der Waals surface area contributed by atoms with E-state index in [1.54, 1.807) is 6.20 Å². The number of carbonyl (C=O) groups excluding carboxylic acids is 1. The van der Waals surface area contributed by atoms with Crippen LogP contribution in [0.1, 0.15) is 18.2 Å². The maximum Gasteiger partial charge on any atom is 0.239 e. The molecule has 1 amide bonds. The fraction of sp³-hybridized carbons (Fsp3) is 0.200. The van der Waals surface area contributed by atoms with E-state index >= 15 is 0 Å². The van der Waals surface area contributed by atoms with Crippen LogP contribution in [-0.4, -0.2) is 27.4 Å². The van der Waals surface area contributed by atoms with Gasteiger partial charge in [-0.25, -0.2) is 9.97 Å². The molecule has 0 bridgehead atoms. The van der Waals surface area contributed by atoms with Crippen LogP contribution in [0.4, 0.5) is 5.82 Å². The molecule has 3 rings (SSSR count). The Hall–Kier alpha value is -3.28. The van der Waals surface area contributed by atoms with Crippen molar-refractivity contribution in [2.75, 3.05) is 11.9 Å². The Morgan fingerprint density at radius 2 is 1.85 bits per heavy atom. The minimum atomic E-state index is -0.0927. The van der Waals surface area contributed by atoms with Gasteiger partial charge in [0.05, 0.1) is 6.54 Å². The summed E-state index contributed by atoms with van der Waals surface area (Å²) >= 11 is 0. The smallest absolute Gasteiger partial charge is 0.239 e. The monoisotopic (exact) mass is 347 g/mol. The van der Waals surface area contributed by atoms with Crippen LogP contribution in [-0.2, 0) is 17.8 Å². The van der Waals surface area contributed by atoms with Crippen molar-refractivity contribution in [2.24, 2.45) is 0 Å². The molecule has 1 aromatic carbocycles. The van der Waals surface area contributed by atoms with Gasteiger partial charge in [0.25, 0.3) is 0 Å². The van der Waals surface area contributed by atoms with E-state index in [9.17, 15) is 4.79 Å². The molecule has 0 unspecified atom stereocenters. The van der Waals surface area contributed by atoms with E-state index in [2.05, 4.69) is 25.6 Å². The Kier molecular flexibility index (Phi) is 5.88. The van der Waals surface area contributed by atoms with Gasteiger partial charge in [0.15, 0.2) is 5.82 Å². The lowest BCUT2D eigenvalue weighted by Crippen LogP contribution is -2.29. The van der Waals surface area contributed by atoms with Crippen LogP contribution in [0.25, 0.3) is 11.5 Å². The minimum absolute atomic E-state index is 0.0927. The van der Waals surface area contributed by atoms with E-state index in [-0.39, 0.29) is 12.5 Å². The van der Waals surface area contributed by atoms with Crippen molar-refractivity contribution in [2.45, 2.75) is 19.9 Å². The molecular formula is C20H21N5O. The molecule has 0 aliphatic rings. The summed E-state index contributed by atoms with van der Waals surface area (Å²) in [6.45, 7) is 2.68. The molecule has 132 valence electrons. The van der Waals surface area contributed by atoms with Gasteiger partial charge in [0.1, 0.15) is 11.5 Å². The number of carbonyl (C=O) groups is 1. The summed E-state index contributed by atoms with van der Waals surface area (Å²) in [5.41, 5.74) is 2.67. The number of aryl methyl sites for hydroxylation is 1. The number of amides is 1. The first kappa shape index (κ1) is 17.5. The van der Waals surface area contributed by atoms with Crippen molar-refractivity contribution in [3.05, 3.63) is 72.1 Å². The van der Waals surface area contributed by atoms with Crippen LogP contribution in [0.3, 0.4) is 0 Å². The van der Waals surface area contributed by atoms with Crippen LogP contribution in [0.2, 0.25) is 0 Å². The summed E-state index contributed by atoms with van der Waals surface area (Å²) in [6, 6.07) is 17.3. The number of rotatable bonds is 7. The third kappa shape index (κ3) is 4.86. The van der Waals surface area contributed by atoms with Gasteiger partial charge in [-0.3, -0.25) is 9.78 Å². The normalized spacial score (nSPS) is 10.3. The van der Waals surface area contributed by atoms with Gasteiger partial charge in [0, 0.05) is 24.5 Å². The number of benzene rings is 1. The summed E-state index contributed by atoms with van der Waals surface area (Å²) in [5, 5.41) is 5.96. The molecule has 0 aliphatic carbocycles. The van der Waals surface area contributed by atoms with Crippen molar-refractivity contribution < 1.29 is 4.79 Å². The molecule has 2 heterocycles. The number of anilines is 1. The van der Waals surface area contributed by atoms with Crippen molar-refractivity contribution in [3.8, 4) is 11.5 Å². The fourth-order valence-corrected chi connectivity index (χ4v) is 2.41. The van der Waals surface area contributed by atoms with Crippen molar-refractivity contribution in [1.29, 1.82) is 0 Å². The summed E-state index contributed by atoms with van der Waals surface area (Å²) in [7, 11) is 0. The fourth-order valence-electron chi connectivity index (χ4n) is 2.41. The number of pyridine rings is 1. The van der Waals surface area contributed by atoms with E-state index in [4.69, 9.17) is 0 Å². The highest BCUT2D eigenvalue weighted by atomic mass is 16.1. The Bertz CT molecular complexity index is 853. The predicted molar refractivity (Wildman–Crippen MR) is 101 cm³/mol. The zero-order valence-electron chi connectivity index (χ0n) is 14.6. The van der Waals surface area contributed by atoms with Gasteiger partial charge < -0.3 is 10.6 Å². The second-order valence-corrected chi connectivity index (χ2v) is 5.75. The van der Waals surface area contributed by atoms with Crippen LogP contribution in [0.5, 0.6) is 0 Å². The summed E-state index contributed by atoms with van der Waals surface area (Å²) < 4.78 is 0. The molecule has 0 atom stereocenters. The average Bonchev–Trinajstić information content (AvgIpc) is 2.72. The first-order valence-corrected chi connectivity index (χ1v) is 8.58. The molecular weight excluding hydrogens is 326 g/mol. The Balaban J connectivity index is 1.63. The first-order valence-electron chi connectivity index (χ1n) is 8.58. The lowest BCUT2D eigenvalue weighted by atomic mass is 10.2. The molecule has 0 fully saturated rings. The molecule has 6 nitrogen and oxygen atoms in total. The molecule has 2 N–H and O–H groups in total. The maximum absolute atomic E-state index is 12.1. The number of hydrogen-bond acceptors (Lipinski definition) is 5. The summed E-state index contributed by atoms with van der Waals surface area (Å²) in [5.74, 6) is 1.08. The lowest BCUT2D eigenvalue weighted by Gasteiger charge is -2.10. The van der Waals surface area contributed by atoms with Gasteiger partial charge in [-0.05, 0) is 24.1 Å². The SMILES string of the molecule is CCc1cc(NCC(=O)NCc2ccccc2)nc(-c2ccccn2)n1. The van der Waals surface area contributed by atoms with Crippen molar-refractivity contribution in [3.63, 3.8) is 0 Å². The van der Waals surface area contributed by atoms with Gasteiger partial charge in [-0.2, -0.15) is 0 Å². The first-order chi connectivity index (χ1) is 12.7. The number of nitrogens with zero attached hydrogens (tertiary/aromatic N) is 3. The second kappa shape index (κ2) is 8.71. The molecule has 26 heavy (non-hydrogen) atoms. The molecule has 0 saturated carbocycles. The van der Waals surface area contributed by atoms with Crippen LogP contribution in [0, 0.1) is 0 Å². The molecule has 6 heteroatoms. The van der Waals surface area contributed by atoms with Gasteiger partial charge in [-0.15, -0.1) is 0 Å². The maximum atomic E-state index is 12.1. The Morgan fingerprint density at radius 1 is 1.04 bits per heavy atom. The second-order valence-electron chi connectivity index (χ2n) is 5.75. The predicted octanol–water partition coefficient (Wildman–Crippen LogP) is 2.83. The number of aromatic nitrogens is 3. The van der Waals surface area contributed by atoms with E-state index in [0.29, 0.717) is 23.9 Å². The van der Waals surface area contributed by atoms with Gasteiger partial charge in [-0.1, -0.05) is 43.3 Å². The molecule has 0 saturated heterocycles. The Morgan fingerprint density at radius 3 is 2.58 bits per heavy atom. The summed E-state index contributed by atoms with van der Waals surface area (Å²) in [6.07, 6.45) is 2.48. The molecule has 0 radical (unpaired) electrons. The average molecular weight is 347 g/mol. The topological polar surface area (TPSA) is 79.8 Å². The quantitative estimate of drug-likeness (QED) is 0.687. The van der Waals surface area contributed by atoms with E-state index in [0.717, 1.165) is 17.7 Å². The van der Waals surface area contributed by atoms with E-state index < -0.39 is 0 Å². The molecule has 2 aromatic heterocycles. The standard InChI is InChI=1S/C20H21N5O/c1-2-16-12-18(25-20(24-16)17-10-6-7-11-21-17)22-14-19(26)23-13-15-8-4-3-5-9-15/h3-12H,2,13-14H2,1H3,(H,23,26)(H,22,24,25). The van der Waals surface area contributed by atoms with Crippen LogP contribution >= 0.6 is 0 Å². The zero-order chi connectivity index (χ0) is 18.2. The third-order valence-electron chi connectivity index (χ3n) is 3.80. The molecule has 0 spiro atoms. The third-order valence-corrected chi connectivity index (χ3v) is 3.80. The highest BCUT2D eigenvalue weighted by molar-refractivity contribution is 5.80. The van der Waals surface area contributed by atoms with Crippen molar-refractivity contribution >= 4 is 11.7 Å². The number of nitrogens with one attached hydrogen (secondary N) is 2. The highest BCUT2D eigenvalue weighted by Crippen LogP contribution is 2.15. The number of hydrogen-bond donors (Lipinski definition) is 2. The highest BCUT2D eigenvalue weighted by Gasteiger charge is 2.08. The van der Waals surface area contributed by atoms with E-state index in [1.165, 1.54) is 0 Å². The summed E-state index contributed by atoms with van der Waals surface area (Å²) in [4.78, 5) is 25.3. The zero-order valence-corrected chi connectivity index (χ0v) is 14.6. The Labute approximate surface area is 152 Å². The van der Waals surface area contributed by atoms with E-state index in [1.807, 2.05) is 61.5 Å². The molecule has 3 aromatic rings. The van der Waals surface area contributed by atoms with Crippen LogP contribution < -0.4 is 10.6 Å². The minimum Gasteiger partial charge on any atom is -0.361 e. The largest absolute Gasteiger partial charge is 0.361 e. The molecule has 0 aliphatic heterocycles.